The first-order valence-electron chi connectivity index (χ1n) is 9.90. The number of nitrogens with two attached hydrogens (primary N) is 1. The van der Waals surface area contributed by atoms with Crippen LogP contribution in [0.1, 0.15) is 69.2 Å². The summed E-state index contributed by atoms with van der Waals surface area (Å²) in [6.45, 7) is 4.09. The SMILES string of the molecule is CC(C)CC(=O)N[C@H]1CC[C@@H](Nc2nc(NC3CC3)ncc2C(N)=O)CC1. The van der Waals surface area contributed by atoms with Gasteiger partial charge in [-0.05, 0) is 44.4 Å². The van der Waals surface area contributed by atoms with E-state index in [2.05, 4.69) is 25.9 Å². The first kappa shape index (κ1) is 19.4. The fraction of sp³-hybridized carbons (Fsp3) is 0.684. The van der Waals surface area contributed by atoms with Crippen LogP contribution in [0.5, 0.6) is 0 Å². The van der Waals surface area contributed by atoms with Crippen molar-refractivity contribution in [2.24, 2.45) is 11.7 Å². The van der Waals surface area contributed by atoms with Crippen LogP contribution < -0.4 is 21.7 Å². The Balaban J connectivity index is 1.56. The number of nitrogens with zero attached hydrogens (tertiary/aromatic N) is 2. The smallest absolute Gasteiger partial charge is 0.254 e. The number of anilines is 2. The van der Waals surface area contributed by atoms with Gasteiger partial charge in [0.2, 0.25) is 11.9 Å². The van der Waals surface area contributed by atoms with Gasteiger partial charge in [-0.25, -0.2) is 4.98 Å². The maximum Gasteiger partial charge on any atom is 0.254 e. The van der Waals surface area contributed by atoms with E-state index in [1.165, 1.54) is 6.20 Å². The number of aromatic nitrogens is 2. The second-order valence-corrected chi connectivity index (χ2v) is 8.10. The molecule has 1 aromatic heterocycles. The molecule has 2 aliphatic rings. The molecule has 3 rings (SSSR count). The summed E-state index contributed by atoms with van der Waals surface area (Å²) >= 11 is 0. The molecule has 2 aliphatic carbocycles. The fourth-order valence-electron chi connectivity index (χ4n) is 3.38. The van der Waals surface area contributed by atoms with Crippen molar-refractivity contribution in [1.29, 1.82) is 0 Å². The quantitative estimate of drug-likeness (QED) is 0.552. The average Bonchev–Trinajstić information content (AvgIpc) is 3.40. The van der Waals surface area contributed by atoms with Gasteiger partial charge in [0.05, 0.1) is 5.56 Å². The van der Waals surface area contributed by atoms with Gasteiger partial charge in [-0.1, -0.05) is 13.8 Å². The van der Waals surface area contributed by atoms with Gasteiger partial charge in [0.15, 0.2) is 0 Å². The van der Waals surface area contributed by atoms with Crippen molar-refractivity contribution < 1.29 is 9.59 Å². The number of nitrogens with one attached hydrogen (secondary N) is 3. The third-order valence-corrected chi connectivity index (χ3v) is 4.99. The first-order chi connectivity index (χ1) is 12.9. The molecular weight excluding hydrogens is 344 g/mol. The van der Waals surface area contributed by atoms with E-state index < -0.39 is 5.91 Å². The molecular formula is C19H30N6O2. The van der Waals surface area contributed by atoms with Gasteiger partial charge in [-0.15, -0.1) is 0 Å². The molecule has 8 heteroatoms. The molecule has 2 saturated carbocycles. The molecule has 2 amide bonds. The molecule has 1 aromatic rings. The first-order valence-corrected chi connectivity index (χ1v) is 9.90. The molecule has 0 radical (unpaired) electrons. The van der Waals surface area contributed by atoms with E-state index >= 15 is 0 Å². The van der Waals surface area contributed by atoms with Crippen LogP contribution in [0.4, 0.5) is 11.8 Å². The van der Waals surface area contributed by atoms with Crippen molar-refractivity contribution in [2.75, 3.05) is 10.6 Å². The van der Waals surface area contributed by atoms with Crippen LogP contribution in [-0.4, -0.2) is 39.9 Å². The highest BCUT2D eigenvalue weighted by molar-refractivity contribution is 5.97. The maximum atomic E-state index is 11.9. The van der Waals surface area contributed by atoms with E-state index in [0.29, 0.717) is 35.7 Å². The lowest BCUT2D eigenvalue weighted by molar-refractivity contribution is -0.122. The minimum absolute atomic E-state index is 0.129. The highest BCUT2D eigenvalue weighted by atomic mass is 16.2. The van der Waals surface area contributed by atoms with E-state index in [1.807, 2.05) is 13.8 Å². The van der Waals surface area contributed by atoms with Crippen LogP contribution in [0.15, 0.2) is 6.20 Å². The lowest BCUT2D eigenvalue weighted by Gasteiger charge is -2.30. The Labute approximate surface area is 160 Å². The van der Waals surface area contributed by atoms with Crippen molar-refractivity contribution in [3.63, 3.8) is 0 Å². The molecule has 5 N–H and O–H groups in total. The molecule has 0 aliphatic heterocycles. The maximum absolute atomic E-state index is 11.9. The second kappa shape index (κ2) is 8.54. The zero-order valence-corrected chi connectivity index (χ0v) is 16.1. The number of carbonyl (C=O) groups is 2. The minimum atomic E-state index is -0.537. The Morgan fingerprint density at radius 3 is 2.26 bits per heavy atom. The molecule has 0 bridgehead atoms. The van der Waals surface area contributed by atoms with E-state index in [-0.39, 0.29) is 18.0 Å². The predicted molar refractivity (Wildman–Crippen MR) is 104 cm³/mol. The average molecular weight is 374 g/mol. The standard InChI is InChI=1S/C19H30N6O2/c1-11(2)9-16(26)22-12-3-5-13(6-4-12)23-18-15(17(20)27)10-21-19(25-18)24-14-7-8-14/h10-14H,3-9H2,1-2H3,(H2,20,27)(H,22,26)(H2,21,23,24,25)/t12-,13+. The van der Waals surface area contributed by atoms with Gasteiger partial charge in [0.1, 0.15) is 5.82 Å². The fourth-order valence-corrected chi connectivity index (χ4v) is 3.38. The molecule has 1 heterocycles. The summed E-state index contributed by atoms with van der Waals surface area (Å²) in [6, 6.07) is 0.856. The molecule has 0 atom stereocenters. The van der Waals surface area contributed by atoms with Crippen molar-refractivity contribution in [1.82, 2.24) is 15.3 Å². The molecule has 0 saturated heterocycles. The van der Waals surface area contributed by atoms with Gasteiger partial charge in [0.25, 0.3) is 5.91 Å². The minimum Gasteiger partial charge on any atom is -0.367 e. The van der Waals surface area contributed by atoms with E-state index in [4.69, 9.17) is 5.73 Å². The van der Waals surface area contributed by atoms with Crippen molar-refractivity contribution in [2.45, 2.75) is 76.9 Å². The van der Waals surface area contributed by atoms with E-state index in [9.17, 15) is 9.59 Å². The third-order valence-electron chi connectivity index (χ3n) is 4.99. The molecule has 0 unspecified atom stereocenters. The Morgan fingerprint density at radius 1 is 1.07 bits per heavy atom. The summed E-state index contributed by atoms with van der Waals surface area (Å²) in [5.74, 6) is 0.980. The van der Waals surface area contributed by atoms with Gasteiger partial charge >= 0.3 is 0 Å². The summed E-state index contributed by atoms with van der Waals surface area (Å²) in [4.78, 5) is 32.3. The van der Waals surface area contributed by atoms with Crippen LogP contribution in [0.2, 0.25) is 0 Å². The van der Waals surface area contributed by atoms with Crippen LogP contribution >= 0.6 is 0 Å². The van der Waals surface area contributed by atoms with Crippen LogP contribution in [0, 0.1) is 5.92 Å². The Kier molecular flexibility index (Phi) is 6.13. The van der Waals surface area contributed by atoms with Gasteiger partial charge in [-0.3, -0.25) is 9.59 Å². The van der Waals surface area contributed by atoms with Crippen LogP contribution in [0.3, 0.4) is 0 Å². The zero-order valence-electron chi connectivity index (χ0n) is 16.1. The topological polar surface area (TPSA) is 122 Å². The summed E-state index contributed by atoms with van der Waals surface area (Å²) in [5, 5.41) is 9.73. The number of rotatable bonds is 8. The highest BCUT2D eigenvalue weighted by Gasteiger charge is 2.26. The van der Waals surface area contributed by atoms with Crippen LogP contribution in [0.25, 0.3) is 0 Å². The van der Waals surface area contributed by atoms with Crippen LogP contribution in [-0.2, 0) is 4.79 Å². The van der Waals surface area contributed by atoms with Crippen molar-refractivity contribution in [3.8, 4) is 0 Å². The molecule has 0 spiro atoms. The lowest BCUT2D eigenvalue weighted by Crippen LogP contribution is -2.40. The zero-order chi connectivity index (χ0) is 19.4. The Morgan fingerprint density at radius 2 is 1.67 bits per heavy atom. The van der Waals surface area contributed by atoms with E-state index in [0.717, 1.165) is 38.5 Å². The van der Waals surface area contributed by atoms with Gasteiger partial charge in [0, 0.05) is 30.7 Å². The van der Waals surface area contributed by atoms with E-state index in [1.54, 1.807) is 0 Å². The molecule has 2 fully saturated rings. The summed E-state index contributed by atoms with van der Waals surface area (Å²) in [6.07, 6.45) is 7.92. The second-order valence-electron chi connectivity index (χ2n) is 8.10. The monoisotopic (exact) mass is 374 g/mol. The molecule has 0 aromatic carbocycles. The Bertz CT molecular complexity index is 681. The number of primary amides is 1. The summed E-state index contributed by atoms with van der Waals surface area (Å²) < 4.78 is 0. The summed E-state index contributed by atoms with van der Waals surface area (Å²) in [5.41, 5.74) is 5.78. The number of carbonyl (C=O) groups excluding carboxylic acids is 2. The van der Waals surface area contributed by atoms with Crippen molar-refractivity contribution >= 4 is 23.6 Å². The summed E-state index contributed by atoms with van der Waals surface area (Å²) in [7, 11) is 0. The normalized spacial score (nSPS) is 22.3. The third kappa shape index (κ3) is 5.80. The highest BCUT2D eigenvalue weighted by Crippen LogP contribution is 2.26. The Hall–Kier alpha value is -2.38. The molecule has 8 nitrogen and oxygen atoms in total. The van der Waals surface area contributed by atoms with Crippen molar-refractivity contribution in [3.05, 3.63) is 11.8 Å². The largest absolute Gasteiger partial charge is 0.367 e. The molecule has 27 heavy (non-hydrogen) atoms. The predicted octanol–water partition coefficient (Wildman–Crippen LogP) is 2.04. The number of amides is 2. The van der Waals surface area contributed by atoms with Gasteiger partial charge < -0.3 is 21.7 Å². The lowest BCUT2D eigenvalue weighted by atomic mass is 9.91. The number of hydrogen-bond acceptors (Lipinski definition) is 6. The molecule has 148 valence electrons. The number of hydrogen-bond donors (Lipinski definition) is 4. The van der Waals surface area contributed by atoms with Gasteiger partial charge in [-0.2, -0.15) is 4.98 Å².